The lowest BCUT2D eigenvalue weighted by Gasteiger charge is -2.34. The van der Waals surface area contributed by atoms with E-state index in [1.807, 2.05) is 18.2 Å². The molecule has 0 N–H and O–H groups in total. The van der Waals surface area contributed by atoms with Gasteiger partial charge in [-0.2, -0.15) is 0 Å². The summed E-state index contributed by atoms with van der Waals surface area (Å²) in [5, 5.41) is 8.48. The molecule has 1 saturated heterocycles. The molecule has 2 heterocycles. The average Bonchev–Trinajstić information content (AvgIpc) is 3.24. The fourth-order valence-electron chi connectivity index (χ4n) is 3.94. The van der Waals surface area contributed by atoms with Crippen molar-refractivity contribution in [3.8, 4) is 23.0 Å². The molecule has 1 aliphatic heterocycles. The van der Waals surface area contributed by atoms with Crippen LogP contribution in [0, 0.1) is 13.8 Å². The SMILES string of the molecule is COc1cc(C)c(CN2CCN(Cc3nnc(-c4cccc(C)c4)o3)CC2)cc1OC. The number of rotatable bonds is 7. The van der Waals surface area contributed by atoms with E-state index >= 15 is 0 Å². The fourth-order valence-corrected chi connectivity index (χ4v) is 3.94. The first-order chi connectivity index (χ1) is 15.1. The molecule has 7 nitrogen and oxygen atoms in total. The van der Waals surface area contributed by atoms with E-state index in [-0.39, 0.29) is 0 Å². The van der Waals surface area contributed by atoms with Crippen molar-refractivity contribution in [2.75, 3.05) is 40.4 Å². The Morgan fingerprint density at radius 3 is 2.23 bits per heavy atom. The predicted molar refractivity (Wildman–Crippen MR) is 119 cm³/mol. The van der Waals surface area contributed by atoms with Crippen molar-refractivity contribution < 1.29 is 13.9 Å². The summed E-state index contributed by atoms with van der Waals surface area (Å²) < 4.78 is 16.8. The summed E-state index contributed by atoms with van der Waals surface area (Å²) in [7, 11) is 3.35. The molecule has 1 aromatic heterocycles. The molecule has 31 heavy (non-hydrogen) atoms. The zero-order valence-corrected chi connectivity index (χ0v) is 18.7. The molecule has 0 atom stereocenters. The van der Waals surface area contributed by atoms with E-state index in [0.29, 0.717) is 18.3 Å². The highest BCUT2D eigenvalue weighted by atomic mass is 16.5. The zero-order valence-electron chi connectivity index (χ0n) is 18.7. The number of piperazine rings is 1. The van der Waals surface area contributed by atoms with E-state index in [0.717, 1.165) is 49.8 Å². The van der Waals surface area contributed by atoms with Crippen LogP contribution in [-0.4, -0.2) is 60.4 Å². The monoisotopic (exact) mass is 422 g/mol. The lowest BCUT2D eigenvalue weighted by Crippen LogP contribution is -2.45. The summed E-state index contributed by atoms with van der Waals surface area (Å²) in [5.74, 6) is 2.81. The Kier molecular flexibility index (Phi) is 6.53. The molecule has 4 rings (SSSR count). The Balaban J connectivity index is 1.33. The number of benzene rings is 2. The van der Waals surface area contributed by atoms with Crippen molar-refractivity contribution in [3.05, 3.63) is 59.0 Å². The van der Waals surface area contributed by atoms with Gasteiger partial charge in [0.2, 0.25) is 11.8 Å². The molecular weight excluding hydrogens is 392 g/mol. The van der Waals surface area contributed by atoms with E-state index < -0.39 is 0 Å². The maximum absolute atomic E-state index is 5.91. The van der Waals surface area contributed by atoms with Gasteiger partial charge in [0.05, 0.1) is 20.8 Å². The Labute approximate surface area is 183 Å². The van der Waals surface area contributed by atoms with Crippen molar-refractivity contribution >= 4 is 0 Å². The molecule has 0 spiro atoms. The van der Waals surface area contributed by atoms with Gasteiger partial charge in [-0.25, -0.2) is 0 Å². The maximum Gasteiger partial charge on any atom is 0.247 e. The molecule has 0 amide bonds. The quantitative estimate of drug-likeness (QED) is 0.575. The third-order valence-corrected chi connectivity index (χ3v) is 5.79. The average molecular weight is 423 g/mol. The second-order valence-corrected chi connectivity index (χ2v) is 8.06. The van der Waals surface area contributed by atoms with Crippen LogP contribution in [-0.2, 0) is 13.1 Å². The normalized spacial score (nSPS) is 15.2. The van der Waals surface area contributed by atoms with Crippen molar-refractivity contribution in [2.45, 2.75) is 26.9 Å². The van der Waals surface area contributed by atoms with Gasteiger partial charge in [0.25, 0.3) is 0 Å². The minimum absolute atomic E-state index is 0.585. The van der Waals surface area contributed by atoms with Crippen LogP contribution in [0.5, 0.6) is 11.5 Å². The Bertz CT molecular complexity index is 1030. The van der Waals surface area contributed by atoms with Crippen LogP contribution in [0.15, 0.2) is 40.8 Å². The summed E-state index contributed by atoms with van der Waals surface area (Å²) in [6.07, 6.45) is 0. The summed E-state index contributed by atoms with van der Waals surface area (Å²) in [6.45, 7) is 9.68. The Morgan fingerprint density at radius 2 is 1.55 bits per heavy atom. The number of aromatic nitrogens is 2. The minimum atomic E-state index is 0.585. The molecule has 2 aromatic carbocycles. The second-order valence-electron chi connectivity index (χ2n) is 8.06. The third kappa shape index (κ3) is 5.06. The molecule has 7 heteroatoms. The highest BCUT2D eigenvalue weighted by Gasteiger charge is 2.20. The van der Waals surface area contributed by atoms with E-state index in [1.54, 1.807) is 14.2 Å². The zero-order chi connectivity index (χ0) is 21.8. The standard InChI is InChI=1S/C24H30N4O3/c1-17-6-5-7-19(12-17)24-26-25-23(31-24)16-28-10-8-27(9-11-28)15-20-14-22(30-4)21(29-3)13-18(20)2/h5-7,12-14H,8-11,15-16H2,1-4H3. The van der Waals surface area contributed by atoms with E-state index in [9.17, 15) is 0 Å². The fraction of sp³-hybridized carbons (Fsp3) is 0.417. The van der Waals surface area contributed by atoms with E-state index in [1.165, 1.54) is 16.7 Å². The van der Waals surface area contributed by atoms with Crippen molar-refractivity contribution in [1.29, 1.82) is 0 Å². The maximum atomic E-state index is 5.91. The molecule has 0 saturated carbocycles. The smallest absolute Gasteiger partial charge is 0.247 e. The molecule has 1 aliphatic rings. The van der Waals surface area contributed by atoms with Crippen LogP contribution in [0.25, 0.3) is 11.5 Å². The van der Waals surface area contributed by atoms with Crippen LogP contribution in [0.3, 0.4) is 0 Å². The van der Waals surface area contributed by atoms with Gasteiger partial charge >= 0.3 is 0 Å². The number of aryl methyl sites for hydroxylation is 2. The van der Waals surface area contributed by atoms with E-state index in [4.69, 9.17) is 13.9 Å². The van der Waals surface area contributed by atoms with Crippen LogP contribution in [0.4, 0.5) is 0 Å². The first-order valence-electron chi connectivity index (χ1n) is 10.6. The van der Waals surface area contributed by atoms with Gasteiger partial charge in [0, 0.05) is 38.3 Å². The minimum Gasteiger partial charge on any atom is -0.493 e. The van der Waals surface area contributed by atoms with Crippen molar-refractivity contribution in [1.82, 2.24) is 20.0 Å². The van der Waals surface area contributed by atoms with Crippen molar-refractivity contribution in [2.24, 2.45) is 0 Å². The Morgan fingerprint density at radius 1 is 0.871 bits per heavy atom. The second kappa shape index (κ2) is 9.49. The number of methoxy groups -OCH3 is 2. The molecule has 0 aliphatic carbocycles. The van der Waals surface area contributed by atoms with Crippen molar-refractivity contribution in [3.63, 3.8) is 0 Å². The van der Waals surface area contributed by atoms with E-state index in [2.05, 4.69) is 52.0 Å². The van der Waals surface area contributed by atoms with Gasteiger partial charge in [-0.05, 0) is 49.2 Å². The lowest BCUT2D eigenvalue weighted by molar-refractivity contribution is 0.114. The molecule has 0 radical (unpaired) electrons. The molecule has 164 valence electrons. The number of nitrogens with zero attached hydrogens (tertiary/aromatic N) is 4. The van der Waals surface area contributed by atoms with Gasteiger partial charge in [-0.1, -0.05) is 17.7 Å². The van der Waals surface area contributed by atoms with Gasteiger partial charge < -0.3 is 13.9 Å². The van der Waals surface area contributed by atoms with Crippen LogP contribution >= 0.6 is 0 Å². The first kappa shape index (κ1) is 21.3. The topological polar surface area (TPSA) is 63.9 Å². The van der Waals surface area contributed by atoms with Gasteiger partial charge in [-0.3, -0.25) is 9.80 Å². The summed E-state index contributed by atoms with van der Waals surface area (Å²) >= 11 is 0. The number of hydrogen-bond donors (Lipinski definition) is 0. The number of hydrogen-bond acceptors (Lipinski definition) is 7. The van der Waals surface area contributed by atoms with Gasteiger partial charge in [0.15, 0.2) is 11.5 Å². The number of ether oxygens (including phenoxy) is 2. The summed E-state index contributed by atoms with van der Waals surface area (Å²) in [6, 6.07) is 12.3. The predicted octanol–water partition coefficient (Wildman–Crippen LogP) is 3.69. The highest BCUT2D eigenvalue weighted by molar-refractivity contribution is 5.53. The molecule has 3 aromatic rings. The third-order valence-electron chi connectivity index (χ3n) is 5.79. The lowest BCUT2D eigenvalue weighted by atomic mass is 10.1. The van der Waals surface area contributed by atoms with Gasteiger partial charge in [-0.15, -0.1) is 10.2 Å². The first-order valence-corrected chi connectivity index (χ1v) is 10.6. The Hall–Kier alpha value is -2.90. The van der Waals surface area contributed by atoms with Crippen LogP contribution in [0.2, 0.25) is 0 Å². The molecular formula is C24H30N4O3. The summed E-state index contributed by atoms with van der Waals surface area (Å²) in [4.78, 5) is 4.84. The van der Waals surface area contributed by atoms with Crippen LogP contribution < -0.4 is 9.47 Å². The van der Waals surface area contributed by atoms with Gasteiger partial charge in [0.1, 0.15) is 0 Å². The molecule has 0 bridgehead atoms. The molecule has 1 fully saturated rings. The summed E-state index contributed by atoms with van der Waals surface area (Å²) in [5.41, 5.74) is 4.63. The largest absolute Gasteiger partial charge is 0.493 e. The molecule has 0 unspecified atom stereocenters. The highest BCUT2D eigenvalue weighted by Crippen LogP contribution is 2.31. The van der Waals surface area contributed by atoms with Crippen LogP contribution in [0.1, 0.15) is 22.6 Å².